The van der Waals surface area contributed by atoms with E-state index in [4.69, 9.17) is 0 Å². The van der Waals surface area contributed by atoms with Crippen LogP contribution in [0.15, 0.2) is 18.3 Å². The molecule has 1 aromatic heterocycles. The Morgan fingerprint density at radius 2 is 2.05 bits per heavy atom. The second-order valence-electron chi connectivity index (χ2n) is 5.66. The van der Waals surface area contributed by atoms with Crippen molar-refractivity contribution in [2.45, 2.75) is 64.6 Å². The summed E-state index contributed by atoms with van der Waals surface area (Å²) in [7, 11) is 0. The zero-order chi connectivity index (χ0) is 14.2. The van der Waals surface area contributed by atoms with Crippen LogP contribution in [0.25, 0.3) is 0 Å². The highest BCUT2D eigenvalue weighted by Gasteiger charge is 2.15. The highest BCUT2D eigenvalue weighted by Crippen LogP contribution is 2.17. The van der Waals surface area contributed by atoms with Crippen molar-refractivity contribution in [2.24, 2.45) is 0 Å². The Kier molecular flexibility index (Phi) is 6.12. The van der Waals surface area contributed by atoms with Gasteiger partial charge in [-0.3, -0.25) is 4.79 Å². The molecule has 112 valence electrons. The molecule has 20 heavy (non-hydrogen) atoms. The Balaban J connectivity index is 1.82. The first-order valence-corrected chi connectivity index (χ1v) is 7.93. The number of carbonyl (C=O) groups excluding carboxylic acids is 1. The zero-order valence-electron chi connectivity index (χ0n) is 12.5. The number of hydrogen-bond donors (Lipinski definition) is 2. The Bertz CT molecular complexity index is 406. The van der Waals surface area contributed by atoms with E-state index in [1.165, 1.54) is 31.4 Å². The van der Waals surface area contributed by atoms with E-state index in [9.17, 15) is 4.79 Å². The molecule has 0 bridgehead atoms. The molecule has 0 aliphatic heterocycles. The largest absolute Gasteiger partial charge is 0.352 e. The Hall–Kier alpha value is -1.29. The van der Waals surface area contributed by atoms with E-state index < -0.39 is 0 Å². The van der Waals surface area contributed by atoms with Crippen LogP contribution in [0.4, 0.5) is 0 Å². The lowest BCUT2D eigenvalue weighted by Gasteiger charge is -2.17. The predicted molar refractivity (Wildman–Crippen MR) is 81.4 cm³/mol. The number of amides is 1. The van der Waals surface area contributed by atoms with Crippen molar-refractivity contribution in [1.29, 1.82) is 0 Å². The van der Waals surface area contributed by atoms with Crippen molar-refractivity contribution in [3.05, 3.63) is 24.0 Å². The smallest absolute Gasteiger partial charge is 0.240 e. The molecule has 0 atom stereocenters. The first-order chi connectivity index (χ1) is 9.79. The van der Waals surface area contributed by atoms with Gasteiger partial charge in [-0.05, 0) is 31.5 Å². The van der Waals surface area contributed by atoms with Crippen LogP contribution in [0.5, 0.6) is 0 Å². The molecular weight excluding hydrogens is 250 g/mol. The van der Waals surface area contributed by atoms with Crippen molar-refractivity contribution in [3.63, 3.8) is 0 Å². The molecule has 0 saturated heterocycles. The van der Waals surface area contributed by atoms with E-state index in [1.54, 1.807) is 0 Å². The summed E-state index contributed by atoms with van der Waals surface area (Å²) in [6.07, 6.45) is 9.40. The molecule has 4 nitrogen and oxygen atoms in total. The Labute approximate surface area is 121 Å². The van der Waals surface area contributed by atoms with Gasteiger partial charge in [-0.25, -0.2) is 0 Å². The Morgan fingerprint density at radius 1 is 1.30 bits per heavy atom. The van der Waals surface area contributed by atoms with Gasteiger partial charge in [-0.2, -0.15) is 0 Å². The summed E-state index contributed by atoms with van der Waals surface area (Å²) in [4.78, 5) is 12.2. The third-order valence-electron chi connectivity index (χ3n) is 4.01. The maximum atomic E-state index is 12.2. The van der Waals surface area contributed by atoms with Crippen LogP contribution in [0, 0.1) is 0 Å². The van der Waals surface area contributed by atoms with E-state index in [1.807, 2.05) is 16.8 Å². The second kappa shape index (κ2) is 8.10. The van der Waals surface area contributed by atoms with Gasteiger partial charge in [0.2, 0.25) is 5.91 Å². The lowest BCUT2D eigenvalue weighted by molar-refractivity contribution is -0.122. The van der Waals surface area contributed by atoms with Crippen molar-refractivity contribution in [3.8, 4) is 0 Å². The van der Waals surface area contributed by atoms with E-state index in [2.05, 4.69) is 23.6 Å². The molecule has 1 aromatic rings. The molecule has 2 N–H and O–H groups in total. The maximum Gasteiger partial charge on any atom is 0.240 e. The van der Waals surface area contributed by atoms with Crippen molar-refractivity contribution in [2.75, 3.05) is 6.54 Å². The zero-order valence-corrected chi connectivity index (χ0v) is 12.5. The quantitative estimate of drug-likeness (QED) is 0.785. The van der Waals surface area contributed by atoms with Crippen LogP contribution in [-0.2, 0) is 17.9 Å². The van der Waals surface area contributed by atoms with Crippen LogP contribution in [-0.4, -0.2) is 23.1 Å². The van der Waals surface area contributed by atoms with Gasteiger partial charge in [0, 0.05) is 24.5 Å². The summed E-state index contributed by atoms with van der Waals surface area (Å²) in [6.45, 7) is 4.29. The SMILES string of the molecule is CCNCc1cccn1CC(=O)NC1CCCCCC1. The van der Waals surface area contributed by atoms with Gasteiger partial charge in [0.25, 0.3) is 0 Å². The average molecular weight is 277 g/mol. The number of nitrogens with one attached hydrogen (secondary N) is 2. The summed E-state index contributed by atoms with van der Waals surface area (Å²) < 4.78 is 2.04. The monoisotopic (exact) mass is 277 g/mol. The summed E-state index contributed by atoms with van der Waals surface area (Å²) in [5.41, 5.74) is 1.17. The van der Waals surface area contributed by atoms with E-state index >= 15 is 0 Å². The third-order valence-corrected chi connectivity index (χ3v) is 4.01. The topological polar surface area (TPSA) is 46.1 Å². The van der Waals surface area contributed by atoms with E-state index in [0.717, 1.165) is 25.9 Å². The molecule has 2 rings (SSSR count). The molecule has 1 saturated carbocycles. The van der Waals surface area contributed by atoms with Crippen molar-refractivity contribution in [1.82, 2.24) is 15.2 Å². The predicted octanol–water partition coefficient (Wildman–Crippen LogP) is 2.44. The minimum atomic E-state index is 0.144. The first-order valence-electron chi connectivity index (χ1n) is 7.93. The highest BCUT2D eigenvalue weighted by atomic mass is 16.2. The van der Waals surface area contributed by atoms with Gasteiger partial charge in [0.15, 0.2) is 0 Å². The molecular formula is C16H27N3O. The molecule has 1 fully saturated rings. The maximum absolute atomic E-state index is 12.2. The van der Waals surface area contributed by atoms with Crippen molar-refractivity contribution < 1.29 is 4.79 Å². The van der Waals surface area contributed by atoms with Crippen LogP contribution in [0.2, 0.25) is 0 Å². The Morgan fingerprint density at radius 3 is 2.75 bits per heavy atom. The van der Waals surface area contributed by atoms with Crippen LogP contribution >= 0.6 is 0 Å². The van der Waals surface area contributed by atoms with E-state index in [0.29, 0.717) is 12.6 Å². The number of rotatable bonds is 6. The lowest BCUT2D eigenvalue weighted by atomic mass is 10.1. The molecule has 4 heteroatoms. The summed E-state index contributed by atoms with van der Waals surface area (Å²) in [6, 6.07) is 4.46. The minimum absolute atomic E-state index is 0.144. The lowest BCUT2D eigenvalue weighted by Crippen LogP contribution is -2.37. The number of hydrogen-bond acceptors (Lipinski definition) is 2. The van der Waals surface area contributed by atoms with Crippen molar-refractivity contribution >= 4 is 5.91 Å². The molecule has 0 aromatic carbocycles. The van der Waals surface area contributed by atoms with Crippen LogP contribution in [0.3, 0.4) is 0 Å². The second-order valence-corrected chi connectivity index (χ2v) is 5.66. The average Bonchev–Trinajstić information content (AvgIpc) is 2.70. The molecule has 0 unspecified atom stereocenters. The molecule has 1 aliphatic carbocycles. The van der Waals surface area contributed by atoms with Gasteiger partial charge in [-0.15, -0.1) is 0 Å². The minimum Gasteiger partial charge on any atom is -0.352 e. The third kappa shape index (κ3) is 4.67. The van der Waals surface area contributed by atoms with Gasteiger partial charge >= 0.3 is 0 Å². The van der Waals surface area contributed by atoms with E-state index in [-0.39, 0.29) is 5.91 Å². The number of carbonyl (C=O) groups is 1. The fourth-order valence-electron chi connectivity index (χ4n) is 2.87. The summed E-state index contributed by atoms with van der Waals surface area (Å²) in [5.74, 6) is 0.144. The normalized spacial score (nSPS) is 16.9. The van der Waals surface area contributed by atoms with Gasteiger partial charge in [-0.1, -0.05) is 32.6 Å². The molecule has 1 aliphatic rings. The van der Waals surface area contributed by atoms with Gasteiger partial charge in [0.1, 0.15) is 6.54 Å². The molecule has 1 amide bonds. The van der Waals surface area contributed by atoms with Gasteiger partial charge in [0.05, 0.1) is 0 Å². The summed E-state index contributed by atoms with van der Waals surface area (Å²) in [5, 5.41) is 6.50. The molecule has 1 heterocycles. The molecule has 0 radical (unpaired) electrons. The standard InChI is InChI=1S/C16H27N3O/c1-2-17-12-15-10-7-11-19(15)13-16(20)18-14-8-5-3-4-6-9-14/h7,10-11,14,17H,2-6,8-9,12-13H2,1H3,(H,18,20). The fourth-order valence-corrected chi connectivity index (χ4v) is 2.87. The van der Waals surface area contributed by atoms with Crippen LogP contribution in [0.1, 0.15) is 51.1 Å². The summed E-state index contributed by atoms with van der Waals surface area (Å²) >= 11 is 0. The van der Waals surface area contributed by atoms with Crippen LogP contribution < -0.4 is 10.6 Å². The first kappa shape index (κ1) is 15.1. The van der Waals surface area contributed by atoms with Gasteiger partial charge < -0.3 is 15.2 Å². The number of nitrogens with zero attached hydrogens (tertiary/aromatic N) is 1. The molecule has 0 spiro atoms. The highest BCUT2D eigenvalue weighted by molar-refractivity contribution is 5.76. The fraction of sp³-hybridized carbons (Fsp3) is 0.688. The number of aromatic nitrogens is 1.